The zero-order chi connectivity index (χ0) is 14.0. The second-order valence-corrected chi connectivity index (χ2v) is 5.71. The molecule has 19 heavy (non-hydrogen) atoms. The molecule has 0 radical (unpaired) electrons. The summed E-state index contributed by atoms with van der Waals surface area (Å²) in [6.45, 7) is 6.52. The molecule has 0 saturated heterocycles. The molecule has 1 heterocycles. The Morgan fingerprint density at radius 2 is 1.58 bits per heavy atom. The summed E-state index contributed by atoms with van der Waals surface area (Å²) in [6, 6.07) is 9.99. The predicted octanol–water partition coefficient (Wildman–Crippen LogP) is 1.73. The van der Waals surface area contributed by atoms with Gasteiger partial charge in [-0.25, -0.2) is 0 Å². The minimum atomic E-state index is -1.48. The van der Waals surface area contributed by atoms with Gasteiger partial charge in [0, 0.05) is 17.9 Å². The second kappa shape index (κ2) is 5.15. The third-order valence-electron chi connectivity index (χ3n) is 3.14. The van der Waals surface area contributed by atoms with E-state index in [2.05, 4.69) is 37.9 Å². The van der Waals surface area contributed by atoms with Crippen LogP contribution in [0.3, 0.4) is 0 Å². The average molecular weight is 255 g/mol. The van der Waals surface area contributed by atoms with Crippen LogP contribution in [0.5, 0.6) is 0 Å². The van der Waals surface area contributed by atoms with E-state index in [0.717, 1.165) is 11.1 Å². The van der Waals surface area contributed by atoms with Crippen molar-refractivity contribution in [1.82, 2.24) is 4.98 Å². The summed E-state index contributed by atoms with van der Waals surface area (Å²) >= 11 is 0. The Kier molecular flexibility index (Phi) is 3.74. The molecule has 0 aliphatic heterocycles. The quantitative estimate of drug-likeness (QED) is 0.803. The predicted molar refractivity (Wildman–Crippen MR) is 78.2 cm³/mol. The lowest BCUT2D eigenvalue weighted by Crippen LogP contribution is -2.30. The van der Waals surface area contributed by atoms with Gasteiger partial charge in [-0.3, -0.25) is 4.98 Å². The lowest BCUT2D eigenvalue weighted by molar-refractivity contribution is 0.425. The number of rotatable bonds is 2. The van der Waals surface area contributed by atoms with Crippen LogP contribution in [0.1, 0.15) is 26.3 Å². The fourth-order valence-corrected chi connectivity index (χ4v) is 1.92. The minimum Gasteiger partial charge on any atom is -0.423 e. The molecule has 4 heteroatoms. The number of pyridine rings is 1. The van der Waals surface area contributed by atoms with Gasteiger partial charge in [0.05, 0.1) is 0 Å². The second-order valence-electron chi connectivity index (χ2n) is 5.71. The van der Waals surface area contributed by atoms with Crippen molar-refractivity contribution < 1.29 is 10.0 Å². The van der Waals surface area contributed by atoms with Gasteiger partial charge in [0.15, 0.2) is 0 Å². The highest BCUT2D eigenvalue weighted by atomic mass is 16.4. The van der Waals surface area contributed by atoms with Gasteiger partial charge in [-0.15, -0.1) is 0 Å². The number of aromatic nitrogens is 1. The Morgan fingerprint density at radius 3 is 2.11 bits per heavy atom. The third-order valence-corrected chi connectivity index (χ3v) is 3.14. The summed E-state index contributed by atoms with van der Waals surface area (Å²) in [5.74, 6) is 0. The van der Waals surface area contributed by atoms with Crippen molar-refractivity contribution in [2.45, 2.75) is 26.2 Å². The van der Waals surface area contributed by atoms with Crippen molar-refractivity contribution in [3.8, 4) is 11.1 Å². The zero-order valence-electron chi connectivity index (χ0n) is 11.5. The molecule has 0 saturated carbocycles. The fraction of sp³-hybridized carbons (Fsp3) is 0.267. The van der Waals surface area contributed by atoms with E-state index in [-0.39, 0.29) is 5.41 Å². The van der Waals surface area contributed by atoms with Crippen molar-refractivity contribution in [2.75, 3.05) is 0 Å². The third kappa shape index (κ3) is 3.22. The molecule has 0 unspecified atom stereocenters. The van der Waals surface area contributed by atoms with Gasteiger partial charge >= 0.3 is 7.12 Å². The van der Waals surface area contributed by atoms with Crippen molar-refractivity contribution in [3.05, 3.63) is 48.3 Å². The first kappa shape index (κ1) is 13.8. The summed E-state index contributed by atoms with van der Waals surface area (Å²) in [5.41, 5.74) is 3.69. The molecule has 0 fully saturated rings. The van der Waals surface area contributed by atoms with Gasteiger partial charge < -0.3 is 10.0 Å². The molecule has 0 aliphatic rings. The molecular formula is C15H18BNO2. The highest BCUT2D eigenvalue weighted by molar-refractivity contribution is 6.58. The highest BCUT2D eigenvalue weighted by Gasteiger charge is 2.14. The van der Waals surface area contributed by atoms with Crippen LogP contribution in [0.4, 0.5) is 0 Å². The molecule has 0 spiro atoms. The Labute approximate surface area is 114 Å². The normalized spacial score (nSPS) is 11.4. The van der Waals surface area contributed by atoms with Crippen molar-refractivity contribution >= 4 is 12.6 Å². The number of hydrogen-bond donors (Lipinski definition) is 2. The monoisotopic (exact) mass is 255 g/mol. The van der Waals surface area contributed by atoms with Gasteiger partial charge in [0.2, 0.25) is 0 Å². The average Bonchev–Trinajstić information content (AvgIpc) is 2.38. The number of benzene rings is 1. The molecule has 98 valence electrons. The van der Waals surface area contributed by atoms with Gasteiger partial charge in [-0.2, -0.15) is 0 Å². The Bertz CT molecular complexity index is 559. The molecule has 1 aromatic heterocycles. The van der Waals surface area contributed by atoms with Gasteiger partial charge in [-0.05, 0) is 22.1 Å². The van der Waals surface area contributed by atoms with Crippen LogP contribution in [0.2, 0.25) is 0 Å². The molecule has 1 aromatic carbocycles. The molecule has 2 rings (SSSR count). The first-order valence-electron chi connectivity index (χ1n) is 6.30. The van der Waals surface area contributed by atoms with Crippen molar-refractivity contribution in [2.24, 2.45) is 0 Å². The van der Waals surface area contributed by atoms with Crippen LogP contribution in [0.15, 0.2) is 42.7 Å². The summed E-state index contributed by atoms with van der Waals surface area (Å²) in [7, 11) is -1.48. The maximum atomic E-state index is 9.16. The molecule has 0 bridgehead atoms. The van der Waals surface area contributed by atoms with Crippen LogP contribution in [0.25, 0.3) is 11.1 Å². The lowest BCUT2D eigenvalue weighted by Gasteiger charge is -2.19. The molecule has 0 amide bonds. The Hall–Kier alpha value is -1.65. The SMILES string of the molecule is CC(C)(C)c1ccc(-c2cncc(B(O)O)c2)cc1. The largest absolute Gasteiger partial charge is 0.490 e. The summed E-state index contributed by atoms with van der Waals surface area (Å²) in [6.07, 6.45) is 3.18. The van der Waals surface area contributed by atoms with Gasteiger partial charge in [-0.1, -0.05) is 51.1 Å². The maximum absolute atomic E-state index is 9.16. The first-order chi connectivity index (χ1) is 8.88. The summed E-state index contributed by atoms with van der Waals surface area (Å²) in [5, 5.41) is 18.3. The molecule has 3 nitrogen and oxygen atoms in total. The fourth-order valence-electron chi connectivity index (χ4n) is 1.92. The Morgan fingerprint density at radius 1 is 0.947 bits per heavy atom. The molecule has 2 N–H and O–H groups in total. The smallest absolute Gasteiger partial charge is 0.423 e. The summed E-state index contributed by atoms with van der Waals surface area (Å²) < 4.78 is 0. The molecule has 2 aromatic rings. The molecular weight excluding hydrogens is 237 g/mol. The van der Waals surface area contributed by atoms with E-state index in [4.69, 9.17) is 10.0 Å². The van der Waals surface area contributed by atoms with E-state index in [0.29, 0.717) is 5.46 Å². The van der Waals surface area contributed by atoms with Gasteiger partial charge in [0.1, 0.15) is 0 Å². The maximum Gasteiger partial charge on any atom is 0.490 e. The van der Waals surface area contributed by atoms with E-state index in [1.807, 2.05) is 12.1 Å². The van der Waals surface area contributed by atoms with Crippen molar-refractivity contribution in [1.29, 1.82) is 0 Å². The number of nitrogens with zero attached hydrogens (tertiary/aromatic N) is 1. The van der Waals surface area contributed by atoms with E-state index in [1.54, 1.807) is 12.3 Å². The zero-order valence-corrected chi connectivity index (χ0v) is 11.5. The first-order valence-corrected chi connectivity index (χ1v) is 6.30. The van der Waals surface area contributed by atoms with Gasteiger partial charge in [0.25, 0.3) is 0 Å². The summed E-state index contributed by atoms with van der Waals surface area (Å²) in [4.78, 5) is 4.03. The van der Waals surface area contributed by atoms with Crippen LogP contribution < -0.4 is 5.46 Å². The number of hydrogen-bond acceptors (Lipinski definition) is 3. The molecule has 0 atom stereocenters. The lowest BCUT2D eigenvalue weighted by atomic mass is 9.80. The van der Waals surface area contributed by atoms with Crippen molar-refractivity contribution in [3.63, 3.8) is 0 Å². The van der Waals surface area contributed by atoms with E-state index in [1.165, 1.54) is 11.8 Å². The van der Waals surface area contributed by atoms with Crippen LogP contribution in [0, 0.1) is 0 Å². The van der Waals surface area contributed by atoms with Crippen LogP contribution in [-0.4, -0.2) is 22.2 Å². The van der Waals surface area contributed by atoms with E-state index in [9.17, 15) is 0 Å². The topological polar surface area (TPSA) is 53.4 Å². The Balaban J connectivity index is 2.35. The van der Waals surface area contributed by atoms with Crippen LogP contribution in [-0.2, 0) is 5.41 Å². The van der Waals surface area contributed by atoms with E-state index < -0.39 is 7.12 Å². The minimum absolute atomic E-state index is 0.125. The highest BCUT2D eigenvalue weighted by Crippen LogP contribution is 2.25. The van der Waals surface area contributed by atoms with E-state index >= 15 is 0 Å². The standard InChI is InChI=1S/C15H18BNO2/c1-15(2,3)13-6-4-11(5-7-13)12-8-14(16(18)19)10-17-9-12/h4-10,18-19H,1-3H3. The molecule has 0 aliphatic carbocycles. The van der Waals surface area contributed by atoms with Crippen LogP contribution >= 0.6 is 0 Å².